The molecule has 0 fully saturated rings. The summed E-state index contributed by atoms with van der Waals surface area (Å²) < 4.78 is 5.52. The number of rotatable bonds is 3. The van der Waals surface area contributed by atoms with Gasteiger partial charge in [0.2, 0.25) is 5.88 Å². The lowest BCUT2D eigenvalue weighted by Gasteiger charge is -2.11. The minimum atomic E-state index is 0.135. The van der Waals surface area contributed by atoms with Crippen LogP contribution in [0.25, 0.3) is 0 Å². The van der Waals surface area contributed by atoms with Crippen molar-refractivity contribution < 1.29 is 4.74 Å². The largest absolute Gasteiger partial charge is 0.475 e. The van der Waals surface area contributed by atoms with Crippen LogP contribution in [0.15, 0.2) is 12.1 Å². The molecule has 1 unspecified atom stereocenters. The molecule has 0 spiro atoms. The average Bonchev–Trinajstić information content (AvgIpc) is 2.16. The summed E-state index contributed by atoms with van der Waals surface area (Å²) in [5, 5.41) is 8.74. The lowest BCUT2D eigenvalue weighted by molar-refractivity contribution is 0.208. The summed E-state index contributed by atoms with van der Waals surface area (Å²) in [6, 6.07) is 5.48. The van der Waals surface area contributed by atoms with Crippen molar-refractivity contribution in [3.63, 3.8) is 0 Å². The van der Waals surface area contributed by atoms with Gasteiger partial charge in [0, 0.05) is 11.8 Å². The van der Waals surface area contributed by atoms with Gasteiger partial charge in [-0.15, -0.1) is 0 Å². The van der Waals surface area contributed by atoms with Crippen LogP contribution in [0.1, 0.15) is 31.5 Å². The molecular formula is C11H14N2O. The van der Waals surface area contributed by atoms with Crippen molar-refractivity contribution in [1.29, 1.82) is 5.26 Å². The molecule has 0 aliphatic rings. The molecule has 0 saturated carbocycles. The fraction of sp³-hybridized carbons (Fsp3) is 0.455. The number of nitrogens with zero attached hydrogens (tertiary/aromatic N) is 2. The maximum Gasteiger partial charge on any atom is 0.215 e. The zero-order valence-electron chi connectivity index (χ0n) is 8.74. The Balaban J connectivity index is 2.88. The molecule has 1 aromatic heterocycles. The van der Waals surface area contributed by atoms with Gasteiger partial charge in [-0.25, -0.2) is 4.98 Å². The number of ether oxygens (including phenoxy) is 1. The van der Waals surface area contributed by atoms with Crippen LogP contribution in [0.3, 0.4) is 0 Å². The smallest absolute Gasteiger partial charge is 0.215 e. The molecule has 0 amide bonds. The highest BCUT2D eigenvalue weighted by molar-refractivity contribution is 5.34. The maximum absolute atomic E-state index is 8.74. The Morgan fingerprint density at radius 1 is 1.57 bits per heavy atom. The third-order valence-corrected chi connectivity index (χ3v) is 1.96. The Morgan fingerprint density at radius 3 is 2.86 bits per heavy atom. The molecule has 0 aliphatic carbocycles. The third kappa shape index (κ3) is 2.74. The number of hydrogen-bond acceptors (Lipinski definition) is 3. The number of nitriles is 1. The Bertz CT molecular complexity index is 355. The van der Waals surface area contributed by atoms with E-state index in [2.05, 4.69) is 11.1 Å². The number of aromatic nitrogens is 1. The van der Waals surface area contributed by atoms with Crippen LogP contribution < -0.4 is 4.74 Å². The van der Waals surface area contributed by atoms with Gasteiger partial charge in [0.05, 0.1) is 17.7 Å². The summed E-state index contributed by atoms with van der Waals surface area (Å²) in [6.07, 6.45) is 1.06. The van der Waals surface area contributed by atoms with Crippen LogP contribution in [0.4, 0.5) is 0 Å². The van der Waals surface area contributed by atoms with E-state index in [1.165, 1.54) is 0 Å². The van der Waals surface area contributed by atoms with Gasteiger partial charge in [-0.1, -0.05) is 6.92 Å². The van der Waals surface area contributed by atoms with Crippen LogP contribution >= 0.6 is 0 Å². The fourth-order valence-corrected chi connectivity index (χ4v) is 1.05. The molecule has 0 saturated heterocycles. The van der Waals surface area contributed by atoms with E-state index in [1.54, 1.807) is 12.1 Å². The van der Waals surface area contributed by atoms with Gasteiger partial charge < -0.3 is 4.74 Å². The topological polar surface area (TPSA) is 45.9 Å². The highest BCUT2D eigenvalue weighted by Gasteiger charge is 2.04. The second kappa shape index (κ2) is 4.61. The zero-order chi connectivity index (χ0) is 10.6. The van der Waals surface area contributed by atoms with E-state index in [4.69, 9.17) is 10.00 Å². The maximum atomic E-state index is 8.74. The number of hydrogen-bond donors (Lipinski definition) is 0. The molecule has 14 heavy (non-hydrogen) atoms. The molecule has 1 rings (SSSR count). The Morgan fingerprint density at radius 2 is 2.29 bits per heavy atom. The van der Waals surface area contributed by atoms with Crippen molar-refractivity contribution in [3.05, 3.63) is 23.4 Å². The van der Waals surface area contributed by atoms with Gasteiger partial charge in [0.25, 0.3) is 0 Å². The van der Waals surface area contributed by atoms with Crippen LogP contribution in [-0.2, 0) is 0 Å². The molecule has 1 aromatic rings. The molecule has 74 valence electrons. The van der Waals surface area contributed by atoms with Crippen molar-refractivity contribution in [3.8, 4) is 11.9 Å². The highest BCUT2D eigenvalue weighted by atomic mass is 16.5. The molecule has 3 heteroatoms. The molecule has 1 heterocycles. The first-order chi connectivity index (χ1) is 6.65. The van der Waals surface area contributed by atoms with Crippen molar-refractivity contribution in [1.82, 2.24) is 4.98 Å². The Labute approximate surface area is 84.3 Å². The van der Waals surface area contributed by atoms with Crippen molar-refractivity contribution >= 4 is 0 Å². The lowest BCUT2D eigenvalue weighted by Crippen LogP contribution is -2.11. The van der Waals surface area contributed by atoms with Crippen LogP contribution in [0.5, 0.6) is 5.88 Å². The minimum Gasteiger partial charge on any atom is -0.475 e. The number of aryl methyl sites for hydroxylation is 1. The lowest BCUT2D eigenvalue weighted by atomic mass is 10.2. The van der Waals surface area contributed by atoms with Gasteiger partial charge in [-0.05, 0) is 26.3 Å². The van der Waals surface area contributed by atoms with E-state index in [9.17, 15) is 0 Å². The van der Waals surface area contributed by atoms with E-state index >= 15 is 0 Å². The summed E-state index contributed by atoms with van der Waals surface area (Å²) in [5.41, 5.74) is 1.40. The second-order valence-electron chi connectivity index (χ2n) is 3.28. The fourth-order valence-electron chi connectivity index (χ4n) is 1.05. The van der Waals surface area contributed by atoms with Crippen LogP contribution in [0, 0.1) is 18.3 Å². The highest BCUT2D eigenvalue weighted by Crippen LogP contribution is 2.13. The third-order valence-electron chi connectivity index (χ3n) is 1.96. The molecule has 0 aromatic carbocycles. The van der Waals surface area contributed by atoms with Crippen molar-refractivity contribution in [2.45, 2.75) is 33.3 Å². The Kier molecular flexibility index (Phi) is 3.47. The monoisotopic (exact) mass is 190 g/mol. The first-order valence-corrected chi connectivity index (χ1v) is 4.71. The van der Waals surface area contributed by atoms with Crippen molar-refractivity contribution in [2.24, 2.45) is 0 Å². The van der Waals surface area contributed by atoms with Gasteiger partial charge >= 0.3 is 0 Å². The minimum absolute atomic E-state index is 0.135. The van der Waals surface area contributed by atoms with Gasteiger partial charge in [-0.3, -0.25) is 0 Å². The SMILES string of the molecule is CCC(C)Oc1cc(C#N)cc(C)n1. The standard InChI is InChI=1S/C11H14N2O/c1-4-9(3)14-11-6-10(7-12)5-8(2)13-11/h5-6,9H,4H2,1-3H3. The average molecular weight is 190 g/mol. The van der Waals surface area contributed by atoms with E-state index < -0.39 is 0 Å². The number of pyridine rings is 1. The normalized spacial score (nSPS) is 11.9. The molecule has 1 atom stereocenters. The molecule has 0 radical (unpaired) electrons. The van der Waals surface area contributed by atoms with E-state index in [-0.39, 0.29) is 6.10 Å². The van der Waals surface area contributed by atoms with Gasteiger partial charge in [-0.2, -0.15) is 5.26 Å². The molecule has 3 nitrogen and oxygen atoms in total. The predicted octanol–water partition coefficient (Wildman–Crippen LogP) is 2.44. The first kappa shape index (κ1) is 10.5. The van der Waals surface area contributed by atoms with Gasteiger partial charge in [0.15, 0.2) is 0 Å². The summed E-state index contributed by atoms with van der Waals surface area (Å²) in [5.74, 6) is 0.538. The van der Waals surface area contributed by atoms with Crippen LogP contribution in [0.2, 0.25) is 0 Å². The molecule has 0 N–H and O–H groups in total. The van der Waals surface area contributed by atoms with E-state index in [0.717, 1.165) is 12.1 Å². The molecule has 0 bridgehead atoms. The zero-order valence-corrected chi connectivity index (χ0v) is 8.74. The van der Waals surface area contributed by atoms with Crippen LogP contribution in [-0.4, -0.2) is 11.1 Å². The first-order valence-electron chi connectivity index (χ1n) is 4.71. The molecular weight excluding hydrogens is 176 g/mol. The van der Waals surface area contributed by atoms with E-state index in [0.29, 0.717) is 11.4 Å². The summed E-state index contributed by atoms with van der Waals surface area (Å²) in [4.78, 5) is 4.20. The van der Waals surface area contributed by atoms with E-state index in [1.807, 2.05) is 20.8 Å². The predicted molar refractivity (Wildman–Crippen MR) is 54.1 cm³/mol. The van der Waals surface area contributed by atoms with Gasteiger partial charge in [0.1, 0.15) is 0 Å². The Hall–Kier alpha value is -1.56. The van der Waals surface area contributed by atoms with Crippen molar-refractivity contribution in [2.75, 3.05) is 0 Å². The summed E-state index contributed by atoms with van der Waals surface area (Å²) in [7, 11) is 0. The molecule has 0 aliphatic heterocycles. The summed E-state index contributed by atoms with van der Waals surface area (Å²) >= 11 is 0. The summed E-state index contributed by atoms with van der Waals surface area (Å²) in [6.45, 7) is 5.88. The second-order valence-corrected chi connectivity index (χ2v) is 3.28. The quantitative estimate of drug-likeness (QED) is 0.735.